The Hall–Kier alpha value is -1.80. The normalized spacial score (nSPS) is 17.0. The Morgan fingerprint density at radius 1 is 1.18 bits per heavy atom. The van der Waals surface area contributed by atoms with E-state index in [1.807, 2.05) is 4.90 Å². The summed E-state index contributed by atoms with van der Waals surface area (Å²) in [6, 6.07) is -0.935. The number of carbonyl (C=O) groups is 2. The van der Waals surface area contributed by atoms with Gasteiger partial charge in [0.05, 0.1) is 12.3 Å². The molecule has 5 N–H and O–H groups in total. The molecule has 0 bridgehead atoms. The Morgan fingerprint density at radius 2 is 1.82 bits per heavy atom. The molecule has 1 aliphatic heterocycles. The van der Waals surface area contributed by atoms with Crippen LogP contribution in [0.5, 0.6) is 0 Å². The van der Waals surface area contributed by atoms with Crippen LogP contribution in [0.3, 0.4) is 0 Å². The van der Waals surface area contributed by atoms with Crippen LogP contribution >= 0.6 is 0 Å². The van der Waals surface area contributed by atoms with E-state index in [9.17, 15) is 9.59 Å². The first-order valence-corrected chi connectivity index (χ1v) is 7.50. The first-order valence-electron chi connectivity index (χ1n) is 7.50. The molecule has 22 heavy (non-hydrogen) atoms. The van der Waals surface area contributed by atoms with Crippen LogP contribution in [0.25, 0.3) is 0 Å². The molecule has 0 radical (unpaired) electrons. The summed E-state index contributed by atoms with van der Waals surface area (Å²) in [4.78, 5) is 26.3. The number of unbranched alkanes of at least 4 members (excludes halogenated alkanes) is 1. The highest BCUT2D eigenvalue weighted by atomic mass is 16.4. The number of amides is 2. The van der Waals surface area contributed by atoms with Crippen molar-refractivity contribution in [3.63, 3.8) is 0 Å². The molecule has 1 aliphatic rings. The van der Waals surface area contributed by atoms with Crippen LogP contribution in [0, 0.1) is 0 Å². The van der Waals surface area contributed by atoms with Gasteiger partial charge in [0.2, 0.25) is 0 Å². The molecule has 126 valence electrons. The van der Waals surface area contributed by atoms with Gasteiger partial charge in [-0.2, -0.15) is 0 Å². The van der Waals surface area contributed by atoms with Crippen molar-refractivity contribution in [2.75, 3.05) is 39.3 Å². The standard InChI is InChI=1S/C14H26N4O4/c1-11(19)10-17-6-8-18(9-7-17)14(22)16-5-3-2-4-12(15)13(20)21/h12,19H,1-10,15H2,(H,16,22)(H,20,21)/t12-/m0/s1. The number of aliphatic carboxylic acids is 1. The van der Waals surface area contributed by atoms with E-state index in [0.717, 1.165) is 0 Å². The topological polar surface area (TPSA) is 119 Å². The maximum Gasteiger partial charge on any atom is 0.320 e. The number of nitrogens with one attached hydrogen (secondary N) is 1. The molecule has 1 saturated heterocycles. The number of hydrogen-bond donors (Lipinski definition) is 4. The lowest BCUT2D eigenvalue weighted by Gasteiger charge is -2.34. The van der Waals surface area contributed by atoms with Gasteiger partial charge < -0.3 is 26.2 Å². The molecule has 1 heterocycles. The largest absolute Gasteiger partial charge is 0.512 e. The van der Waals surface area contributed by atoms with Crippen LogP contribution in [0.2, 0.25) is 0 Å². The summed E-state index contributed by atoms with van der Waals surface area (Å²) in [5, 5.41) is 20.6. The molecule has 1 rings (SSSR count). The number of nitrogens with two attached hydrogens (primary N) is 1. The van der Waals surface area contributed by atoms with E-state index in [4.69, 9.17) is 15.9 Å². The van der Waals surface area contributed by atoms with E-state index in [0.29, 0.717) is 58.5 Å². The second kappa shape index (κ2) is 9.26. The average molecular weight is 314 g/mol. The van der Waals surface area contributed by atoms with E-state index in [1.54, 1.807) is 4.90 Å². The summed E-state index contributed by atoms with van der Waals surface area (Å²) in [5.74, 6) is -0.857. The van der Waals surface area contributed by atoms with E-state index < -0.39 is 12.0 Å². The van der Waals surface area contributed by atoms with Gasteiger partial charge in [-0.3, -0.25) is 9.69 Å². The molecule has 8 nitrogen and oxygen atoms in total. The quantitative estimate of drug-likeness (QED) is 0.369. The maximum atomic E-state index is 11.9. The van der Waals surface area contributed by atoms with Crippen LogP contribution in [0.1, 0.15) is 19.3 Å². The molecule has 0 aliphatic carbocycles. The van der Waals surface area contributed by atoms with E-state index >= 15 is 0 Å². The highest BCUT2D eigenvalue weighted by Gasteiger charge is 2.20. The van der Waals surface area contributed by atoms with Gasteiger partial charge in [0, 0.05) is 32.7 Å². The second-order valence-corrected chi connectivity index (χ2v) is 5.50. The molecular formula is C14H26N4O4. The van der Waals surface area contributed by atoms with Crippen molar-refractivity contribution >= 4 is 12.0 Å². The molecule has 1 atom stereocenters. The number of piperazine rings is 1. The van der Waals surface area contributed by atoms with Crippen molar-refractivity contribution in [2.24, 2.45) is 5.73 Å². The minimum Gasteiger partial charge on any atom is -0.512 e. The SMILES string of the molecule is C=C(O)CN1CCN(C(=O)NCCCC[C@H](N)C(=O)O)CC1. The van der Waals surface area contributed by atoms with Crippen molar-refractivity contribution in [3.05, 3.63) is 12.3 Å². The van der Waals surface area contributed by atoms with Gasteiger partial charge in [-0.05, 0) is 19.3 Å². The van der Waals surface area contributed by atoms with Crippen molar-refractivity contribution in [1.29, 1.82) is 0 Å². The number of aliphatic hydroxyl groups excluding tert-OH is 1. The third-order valence-electron chi connectivity index (χ3n) is 3.60. The molecule has 0 aromatic carbocycles. The Kier molecular flexibility index (Phi) is 7.69. The maximum absolute atomic E-state index is 11.9. The lowest BCUT2D eigenvalue weighted by atomic mass is 10.1. The van der Waals surface area contributed by atoms with Gasteiger partial charge in [0.15, 0.2) is 0 Å². The Labute approximate surface area is 130 Å². The highest BCUT2D eigenvalue weighted by Crippen LogP contribution is 2.04. The number of aliphatic hydroxyl groups is 1. The lowest BCUT2D eigenvalue weighted by molar-refractivity contribution is -0.138. The molecule has 8 heteroatoms. The van der Waals surface area contributed by atoms with Gasteiger partial charge in [-0.25, -0.2) is 4.79 Å². The second-order valence-electron chi connectivity index (χ2n) is 5.50. The number of carbonyl (C=O) groups excluding carboxylic acids is 1. The lowest BCUT2D eigenvalue weighted by Crippen LogP contribution is -2.52. The molecule has 0 aromatic heterocycles. The summed E-state index contributed by atoms with van der Waals surface area (Å²) in [6.45, 7) is 7.06. The molecule has 1 fully saturated rings. The Balaban J connectivity index is 2.11. The zero-order valence-corrected chi connectivity index (χ0v) is 12.8. The van der Waals surface area contributed by atoms with Crippen LogP contribution < -0.4 is 11.1 Å². The number of rotatable bonds is 8. The number of hydrogen-bond acceptors (Lipinski definition) is 5. The molecule has 0 spiro atoms. The fourth-order valence-corrected chi connectivity index (χ4v) is 2.29. The third-order valence-corrected chi connectivity index (χ3v) is 3.60. The minimum absolute atomic E-state index is 0.106. The molecular weight excluding hydrogens is 288 g/mol. The summed E-state index contributed by atoms with van der Waals surface area (Å²) < 4.78 is 0. The fourth-order valence-electron chi connectivity index (χ4n) is 2.29. The zero-order chi connectivity index (χ0) is 16.5. The number of nitrogens with zero attached hydrogens (tertiary/aromatic N) is 2. The van der Waals surface area contributed by atoms with Crippen molar-refractivity contribution < 1.29 is 19.8 Å². The number of carboxylic acid groups (broad SMARTS) is 1. The summed E-state index contributed by atoms with van der Waals surface area (Å²) >= 11 is 0. The first-order chi connectivity index (χ1) is 10.4. The molecule has 0 aromatic rings. The van der Waals surface area contributed by atoms with E-state index in [-0.39, 0.29) is 11.8 Å². The Morgan fingerprint density at radius 3 is 2.36 bits per heavy atom. The summed E-state index contributed by atoms with van der Waals surface area (Å²) in [6.07, 6.45) is 1.78. The zero-order valence-electron chi connectivity index (χ0n) is 12.8. The van der Waals surface area contributed by atoms with Gasteiger partial charge in [-0.1, -0.05) is 6.58 Å². The number of carboxylic acids is 1. The van der Waals surface area contributed by atoms with Gasteiger partial charge in [-0.15, -0.1) is 0 Å². The van der Waals surface area contributed by atoms with Crippen LogP contribution in [-0.2, 0) is 4.79 Å². The smallest absolute Gasteiger partial charge is 0.320 e. The van der Waals surface area contributed by atoms with E-state index in [1.165, 1.54) is 0 Å². The third kappa shape index (κ3) is 6.77. The fraction of sp³-hybridized carbons (Fsp3) is 0.714. The van der Waals surface area contributed by atoms with Crippen LogP contribution in [0.15, 0.2) is 12.3 Å². The number of urea groups is 1. The van der Waals surface area contributed by atoms with E-state index in [2.05, 4.69) is 11.9 Å². The van der Waals surface area contributed by atoms with Crippen molar-refractivity contribution in [1.82, 2.24) is 15.1 Å². The van der Waals surface area contributed by atoms with Crippen LogP contribution in [-0.4, -0.2) is 77.3 Å². The molecule has 2 amide bonds. The van der Waals surface area contributed by atoms with Gasteiger partial charge in [0.25, 0.3) is 0 Å². The summed E-state index contributed by atoms with van der Waals surface area (Å²) in [7, 11) is 0. The monoisotopic (exact) mass is 314 g/mol. The first kappa shape index (κ1) is 18.2. The predicted molar refractivity (Wildman–Crippen MR) is 82.6 cm³/mol. The van der Waals surface area contributed by atoms with Crippen molar-refractivity contribution in [2.45, 2.75) is 25.3 Å². The molecule has 0 unspecified atom stereocenters. The van der Waals surface area contributed by atoms with Crippen molar-refractivity contribution in [3.8, 4) is 0 Å². The minimum atomic E-state index is -0.993. The van der Waals surface area contributed by atoms with Gasteiger partial charge >= 0.3 is 12.0 Å². The summed E-state index contributed by atoms with van der Waals surface area (Å²) in [5.41, 5.74) is 5.40. The van der Waals surface area contributed by atoms with Crippen LogP contribution in [0.4, 0.5) is 4.79 Å². The average Bonchev–Trinajstić information content (AvgIpc) is 2.46. The van der Waals surface area contributed by atoms with Gasteiger partial charge in [0.1, 0.15) is 6.04 Å². The molecule has 0 saturated carbocycles. The highest BCUT2D eigenvalue weighted by molar-refractivity contribution is 5.74. The Bertz CT molecular complexity index is 394. The predicted octanol–water partition coefficient (Wildman–Crippen LogP) is -0.0325.